The van der Waals surface area contributed by atoms with Gasteiger partial charge in [0.05, 0.1) is 13.0 Å². The number of carbonyl (C=O) groups is 3. The second-order valence-corrected chi connectivity index (χ2v) is 7.49. The number of hydrogen-bond donors (Lipinski definition) is 1. The van der Waals surface area contributed by atoms with Crippen molar-refractivity contribution in [1.82, 2.24) is 15.1 Å². The quantitative estimate of drug-likeness (QED) is 0.410. The van der Waals surface area contributed by atoms with E-state index in [1.54, 1.807) is 6.92 Å². The largest absolute Gasteiger partial charge is 0.466 e. The molecule has 154 valence electrons. The summed E-state index contributed by atoms with van der Waals surface area (Å²) in [5.41, 5.74) is 0. The van der Waals surface area contributed by atoms with E-state index >= 15 is 0 Å². The van der Waals surface area contributed by atoms with E-state index in [4.69, 9.17) is 4.74 Å². The van der Waals surface area contributed by atoms with Crippen molar-refractivity contribution in [3.63, 3.8) is 0 Å². The third-order valence-corrected chi connectivity index (χ3v) is 5.40. The molecule has 2 amide bonds. The third kappa shape index (κ3) is 7.48. The molecule has 2 fully saturated rings. The van der Waals surface area contributed by atoms with Crippen LogP contribution in [-0.4, -0.2) is 73.0 Å². The summed E-state index contributed by atoms with van der Waals surface area (Å²) in [6.07, 6.45) is 5.49. The minimum absolute atomic E-state index is 0.0583. The van der Waals surface area contributed by atoms with Crippen LogP contribution in [0.5, 0.6) is 0 Å². The highest BCUT2D eigenvalue weighted by Gasteiger charge is 2.29. The molecule has 0 radical (unpaired) electrons. The zero-order valence-corrected chi connectivity index (χ0v) is 16.9. The van der Waals surface area contributed by atoms with Gasteiger partial charge in [0.1, 0.15) is 0 Å². The third-order valence-electron chi connectivity index (χ3n) is 5.40. The van der Waals surface area contributed by atoms with E-state index in [0.717, 1.165) is 38.8 Å². The maximum Gasteiger partial charge on any atom is 0.307 e. The first-order chi connectivity index (χ1) is 13.0. The molecule has 1 unspecified atom stereocenters. The highest BCUT2D eigenvalue weighted by atomic mass is 16.5. The number of nitrogens with zero attached hydrogens (tertiary/aromatic N) is 2. The number of nitrogens with one attached hydrogen (secondary N) is 1. The van der Waals surface area contributed by atoms with Crippen LogP contribution < -0.4 is 5.32 Å². The van der Waals surface area contributed by atoms with Gasteiger partial charge in [-0.3, -0.25) is 19.3 Å². The lowest BCUT2D eigenvalue weighted by atomic mass is 10.1. The number of likely N-dealkylation sites (N-methyl/N-ethyl adjacent to an activating group) is 1. The van der Waals surface area contributed by atoms with Gasteiger partial charge < -0.3 is 15.0 Å². The van der Waals surface area contributed by atoms with Crippen LogP contribution in [0.2, 0.25) is 0 Å². The summed E-state index contributed by atoms with van der Waals surface area (Å²) >= 11 is 0. The minimum atomic E-state index is -0.259. The molecule has 2 aliphatic rings. The highest BCUT2D eigenvalue weighted by molar-refractivity contribution is 5.81. The standard InChI is InChI=1S/C20H35N3O4/c1-3-22-13-6-7-17(22)15-23(14-11-19(25)27-4-2)18(24)8-5-12-21-20(26)16-9-10-16/h16-17H,3-15H2,1-2H3,(H,21,26). The Bertz CT molecular complexity index is 507. The number of carbonyl (C=O) groups excluding carboxylic acids is 3. The van der Waals surface area contributed by atoms with Gasteiger partial charge in [-0.25, -0.2) is 0 Å². The smallest absolute Gasteiger partial charge is 0.307 e. The summed E-state index contributed by atoms with van der Waals surface area (Å²) < 4.78 is 5.00. The Balaban J connectivity index is 1.79. The van der Waals surface area contributed by atoms with E-state index in [-0.39, 0.29) is 30.1 Å². The molecule has 0 aromatic carbocycles. The van der Waals surface area contributed by atoms with E-state index < -0.39 is 0 Å². The molecule has 1 aliphatic carbocycles. The Morgan fingerprint density at radius 1 is 1.15 bits per heavy atom. The molecule has 1 saturated carbocycles. The molecule has 0 aromatic rings. The molecule has 7 heteroatoms. The van der Waals surface area contributed by atoms with Gasteiger partial charge in [0, 0.05) is 38.0 Å². The lowest BCUT2D eigenvalue weighted by Crippen LogP contribution is -2.44. The lowest BCUT2D eigenvalue weighted by Gasteiger charge is -2.30. The summed E-state index contributed by atoms with van der Waals surface area (Å²) in [5, 5.41) is 2.90. The zero-order chi connectivity index (χ0) is 19.6. The molecular formula is C20H35N3O4. The van der Waals surface area contributed by atoms with Crippen molar-refractivity contribution in [1.29, 1.82) is 0 Å². The van der Waals surface area contributed by atoms with Gasteiger partial charge in [0.15, 0.2) is 0 Å². The van der Waals surface area contributed by atoms with Crippen molar-refractivity contribution in [2.45, 2.75) is 64.8 Å². The number of hydrogen-bond acceptors (Lipinski definition) is 5. The van der Waals surface area contributed by atoms with Gasteiger partial charge in [-0.1, -0.05) is 6.92 Å². The van der Waals surface area contributed by atoms with Crippen LogP contribution >= 0.6 is 0 Å². The fourth-order valence-corrected chi connectivity index (χ4v) is 3.65. The van der Waals surface area contributed by atoms with Gasteiger partial charge >= 0.3 is 5.97 Å². The molecule has 27 heavy (non-hydrogen) atoms. The van der Waals surface area contributed by atoms with Crippen LogP contribution in [0.1, 0.15) is 58.8 Å². The van der Waals surface area contributed by atoms with E-state index in [2.05, 4.69) is 17.1 Å². The predicted octanol–water partition coefficient (Wildman–Crippen LogP) is 1.56. The second-order valence-electron chi connectivity index (χ2n) is 7.49. The first-order valence-corrected chi connectivity index (χ1v) is 10.5. The van der Waals surface area contributed by atoms with Gasteiger partial charge in [0.25, 0.3) is 0 Å². The van der Waals surface area contributed by atoms with Gasteiger partial charge in [-0.15, -0.1) is 0 Å². The van der Waals surface area contributed by atoms with E-state index in [0.29, 0.717) is 45.1 Å². The highest BCUT2D eigenvalue weighted by Crippen LogP contribution is 2.28. The van der Waals surface area contributed by atoms with Crippen LogP contribution in [-0.2, 0) is 19.1 Å². The van der Waals surface area contributed by atoms with Crippen molar-refractivity contribution in [2.75, 3.05) is 39.3 Å². The first-order valence-electron chi connectivity index (χ1n) is 10.5. The summed E-state index contributed by atoms with van der Waals surface area (Å²) in [5.74, 6) is 0.115. The average Bonchev–Trinajstić information content (AvgIpc) is 3.41. The number of ether oxygens (including phenoxy) is 1. The van der Waals surface area contributed by atoms with Gasteiger partial charge in [-0.2, -0.15) is 0 Å². The van der Waals surface area contributed by atoms with Gasteiger partial charge in [-0.05, 0) is 52.1 Å². The summed E-state index contributed by atoms with van der Waals surface area (Å²) in [4.78, 5) is 40.3. The Labute approximate surface area is 162 Å². The summed E-state index contributed by atoms with van der Waals surface area (Å²) in [6.45, 7) is 7.96. The van der Waals surface area contributed by atoms with E-state index in [9.17, 15) is 14.4 Å². The normalized spacial score (nSPS) is 19.7. The van der Waals surface area contributed by atoms with Crippen molar-refractivity contribution in [3.8, 4) is 0 Å². The molecule has 0 spiro atoms. The zero-order valence-electron chi connectivity index (χ0n) is 16.9. The maximum absolute atomic E-state index is 12.7. The fraction of sp³-hybridized carbons (Fsp3) is 0.850. The summed E-state index contributed by atoms with van der Waals surface area (Å²) in [6, 6.07) is 0.371. The minimum Gasteiger partial charge on any atom is -0.466 e. The van der Waals surface area contributed by atoms with Crippen molar-refractivity contribution in [3.05, 3.63) is 0 Å². The Morgan fingerprint density at radius 3 is 2.59 bits per heavy atom. The van der Waals surface area contributed by atoms with Crippen LogP contribution in [0, 0.1) is 5.92 Å². The van der Waals surface area contributed by atoms with Crippen molar-refractivity contribution in [2.24, 2.45) is 5.92 Å². The molecule has 1 saturated heterocycles. The number of likely N-dealkylation sites (tertiary alicyclic amines) is 1. The first kappa shape index (κ1) is 21.7. The molecule has 1 heterocycles. The Hall–Kier alpha value is -1.63. The SMILES string of the molecule is CCOC(=O)CCN(CC1CCCN1CC)C(=O)CCCNC(=O)C1CC1. The average molecular weight is 382 g/mol. The predicted molar refractivity (Wildman–Crippen MR) is 103 cm³/mol. The monoisotopic (exact) mass is 381 g/mol. The molecule has 1 atom stereocenters. The Morgan fingerprint density at radius 2 is 1.93 bits per heavy atom. The molecular weight excluding hydrogens is 346 g/mol. The topological polar surface area (TPSA) is 79.0 Å². The van der Waals surface area contributed by atoms with Crippen LogP contribution in [0.3, 0.4) is 0 Å². The number of rotatable bonds is 12. The maximum atomic E-state index is 12.7. The molecule has 0 aromatic heterocycles. The number of amides is 2. The summed E-state index contributed by atoms with van der Waals surface area (Å²) in [7, 11) is 0. The van der Waals surface area contributed by atoms with Crippen LogP contribution in [0.4, 0.5) is 0 Å². The lowest BCUT2D eigenvalue weighted by molar-refractivity contribution is -0.144. The number of esters is 1. The molecule has 1 aliphatic heterocycles. The molecule has 1 N–H and O–H groups in total. The van der Waals surface area contributed by atoms with E-state index in [1.165, 1.54) is 0 Å². The van der Waals surface area contributed by atoms with E-state index in [1.807, 2.05) is 4.90 Å². The van der Waals surface area contributed by atoms with Crippen molar-refractivity contribution < 1.29 is 19.1 Å². The van der Waals surface area contributed by atoms with Crippen LogP contribution in [0.25, 0.3) is 0 Å². The Kier molecular flexibility index (Phi) is 9.04. The molecule has 0 bridgehead atoms. The fourth-order valence-electron chi connectivity index (χ4n) is 3.65. The van der Waals surface area contributed by atoms with Crippen LogP contribution in [0.15, 0.2) is 0 Å². The molecule has 7 nitrogen and oxygen atoms in total. The second kappa shape index (κ2) is 11.3. The van der Waals surface area contributed by atoms with Crippen molar-refractivity contribution >= 4 is 17.8 Å². The molecule has 2 rings (SSSR count). The van der Waals surface area contributed by atoms with Gasteiger partial charge in [0.2, 0.25) is 11.8 Å².